The standard InChI is InChI=1S/C11H12F3NO2/c1-2-17-10(15)9(16)7-5-3-4-6-8(7)11(12,13)14/h3-6,9,15-16H,2H2,1H3. The average Bonchev–Trinajstić information content (AvgIpc) is 2.27. The second kappa shape index (κ2) is 5.18. The second-order valence-electron chi connectivity index (χ2n) is 3.28. The highest BCUT2D eigenvalue weighted by Gasteiger charge is 2.35. The molecule has 0 saturated heterocycles. The number of hydrogen-bond acceptors (Lipinski definition) is 3. The zero-order chi connectivity index (χ0) is 13.1. The fourth-order valence-corrected chi connectivity index (χ4v) is 1.37. The Morgan fingerprint density at radius 3 is 2.53 bits per heavy atom. The Labute approximate surface area is 96.3 Å². The molecule has 1 rings (SSSR count). The van der Waals surface area contributed by atoms with Gasteiger partial charge in [-0.05, 0) is 13.0 Å². The molecular weight excluding hydrogens is 235 g/mol. The van der Waals surface area contributed by atoms with Crippen LogP contribution in [0.25, 0.3) is 0 Å². The highest BCUT2D eigenvalue weighted by Crippen LogP contribution is 2.34. The van der Waals surface area contributed by atoms with Crippen LogP contribution in [0.2, 0.25) is 0 Å². The summed E-state index contributed by atoms with van der Waals surface area (Å²) in [4.78, 5) is 0. The monoisotopic (exact) mass is 247 g/mol. The number of rotatable bonds is 3. The van der Waals surface area contributed by atoms with E-state index >= 15 is 0 Å². The third-order valence-corrected chi connectivity index (χ3v) is 2.11. The third kappa shape index (κ3) is 3.20. The van der Waals surface area contributed by atoms with Crippen molar-refractivity contribution in [3.8, 4) is 0 Å². The minimum absolute atomic E-state index is 0.115. The van der Waals surface area contributed by atoms with Gasteiger partial charge < -0.3 is 9.84 Å². The van der Waals surface area contributed by atoms with Gasteiger partial charge in [0.05, 0.1) is 12.2 Å². The van der Waals surface area contributed by atoms with Crippen molar-refractivity contribution in [1.82, 2.24) is 0 Å². The zero-order valence-electron chi connectivity index (χ0n) is 9.08. The van der Waals surface area contributed by atoms with Gasteiger partial charge in [-0.3, -0.25) is 5.41 Å². The number of halogens is 3. The molecule has 0 aromatic heterocycles. The van der Waals surface area contributed by atoms with Crippen LogP contribution >= 0.6 is 0 Å². The first-order valence-electron chi connectivity index (χ1n) is 4.93. The molecule has 1 unspecified atom stereocenters. The fourth-order valence-electron chi connectivity index (χ4n) is 1.37. The van der Waals surface area contributed by atoms with Gasteiger partial charge in [0, 0.05) is 5.56 Å². The molecule has 1 aromatic rings. The molecule has 17 heavy (non-hydrogen) atoms. The molecule has 94 valence electrons. The highest BCUT2D eigenvalue weighted by molar-refractivity contribution is 5.79. The fraction of sp³-hybridized carbons (Fsp3) is 0.364. The van der Waals surface area contributed by atoms with Gasteiger partial charge in [-0.1, -0.05) is 18.2 Å². The maximum Gasteiger partial charge on any atom is 0.416 e. The van der Waals surface area contributed by atoms with Crippen molar-refractivity contribution in [3.63, 3.8) is 0 Å². The number of ether oxygens (including phenoxy) is 1. The van der Waals surface area contributed by atoms with E-state index < -0.39 is 23.7 Å². The first-order chi connectivity index (χ1) is 7.88. The van der Waals surface area contributed by atoms with E-state index in [9.17, 15) is 18.3 Å². The summed E-state index contributed by atoms with van der Waals surface area (Å²) in [6.45, 7) is 1.70. The van der Waals surface area contributed by atoms with Crippen LogP contribution < -0.4 is 0 Å². The summed E-state index contributed by atoms with van der Waals surface area (Å²) in [6, 6.07) is 4.58. The van der Waals surface area contributed by atoms with Crippen LogP contribution in [0.5, 0.6) is 0 Å². The van der Waals surface area contributed by atoms with Crippen molar-refractivity contribution in [1.29, 1.82) is 5.41 Å². The summed E-state index contributed by atoms with van der Waals surface area (Å²) >= 11 is 0. The van der Waals surface area contributed by atoms with E-state index in [4.69, 9.17) is 10.1 Å². The molecule has 0 spiro atoms. The van der Waals surface area contributed by atoms with Gasteiger partial charge in [-0.15, -0.1) is 0 Å². The summed E-state index contributed by atoms with van der Waals surface area (Å²) in [6.07, 6.45) is -6.27. The number of aliphatic hydroxyl groups is 1. The smallest absolute Gasteiger partial charge is 0.416 e. The van der Waals surface area contributed by atoms with Crippen molar-refractivity contribution in [2.45, 2.75) is 19.2 Å². The first-order valence-corrected chi connectivity index (χ1v) is 4.93. The van der Waals surface area contributed by atoms with Crippen LogP contribution in [0, 0.1) is 5.41 Å². The maximum absolute atomic E-state index is 12.6. The van der Waals surface area contributed by atoms with E-state index in [1.807, 2.05) is 0 Å². The Morgan fingerprint density at radius 1 is 1.41 bits per heavy atom. The Morgan fingerprint density at radius 2 is 2.00 bits per heavy atom. The largest absolute Gasteiger partial charge is 0.479 e. The summed E-state index contributed by atoms with van der Waals surface area (Å²) in [5, 5.41) is 16.9. The first kappa shape index (κ1) is 13.5. The third-order valence-electron chi connectivity index (χ3n) is 2.11. The molecule has 0 fully saturated rings. The molecule has 0 aliphatic rings. The van der Waals surface area contributed by atoms with E-state index in [1.54, 1.807) is 6.92 Å². The Balaban J connectivity index is 3.09. The Kier molecular flexibility index (Phi) is 4.11. The molecule has 0 saturated carbocycles. The summed E-state index contributed by atoms with van der Waals surface area (Å²) < 4.78 is 42.6. The van der Waals surface area contributed by atoms with Gasteiger partial charge in [0.1, 0.15) is 0 Å². The lowest BCUT2D eigenvalue weighted by Gasteiger charge is -2.17. The minimum Gasteiger partial charge on any atom is -0.479 e. The molecule has 0 radical (unpaired) electrons. The average molecular weight is 247 g/mol. The highest BCUT2D eigenvalue weighted by atomic mass is 19.4. The molecule has 1 aromatic carbocycles. The number of hydrogen-bond donors (Lipinski definition) is 2. The van der Waals surface area contributed by atoms with Crippen molar-refractivity contribution < 1.29 is 23.0 Å². The quantitative estimate of drug-likeness (QED) is 0.637. The van der Waals surface area contributed by atoms with Gasteiger partial charge >= 0.3 is 6.18 Å². The van der Waals surface area contributed by atoms with Gasteiger partial charge in [0.25, 0.3) is 0 Å². The van der Waals surface area contributed by atoms with E-state index in [2.05, 4.69) is 0 Å². The van der Waals surface area contributed by atoms with Crippen LogP contribution in [0.15, 0.2) is 24.3 Å². The topological polar surface area (TPSA) is 53.3 Å². The Hall–Kier alpha value is -1.56. The normalized spacial score (nSPS) is 13.2. The molecule has 1 atom stereocenters. The van der Waals surface area contributed by atoms with Crippen molar-refractivity contribution in [2.75, 3.05) is 6.61 Å². The molecule has 0 aliphatic heterocycles. The van der Waals surface area contributed by atoms with Crippen molar-refractivity contribution in [3.05, 3.63) is 35.4 Å². The minimum atomic E-state index is -4.57. The molecule has 0 heterocycles. The predicted molar refractivity (Wildman–Crippen MR) is 55.8 cm³/mol. The number of nitrogens with one attached hydrogen (secondary N) is 1. The second-order valence-corrected chi connectivity index (χ2v) is 3.28. The van der Waals surface area contributed by atoms with Gasteiger partial charge in [0.15, 0.2) is 6.10 Å². The molecule has 0 amide bonds. The van der Waals surface area contributed by atoms with Crippen LogP contribution in [0.4, 0.5) is 13.2 Å². The van der Waals surface area contributed by atoms with Gasteiger partial charge in [0.2, 0.25) is 5.90 Å². The van der Waals surface area contributed by atoms with Crippen LogP contribution in [0.1, 0.15) is 24.2 Å². The maximum atomic E-state index is 12.6. The van der Waals surface area contributed by atoms with Gasteiger partial charge in [-0.25, -0.2) is 0 Å². The van der Waals surface area contributed by atoms with E-state index in [1.165, 1.54) is 12.1 Å². The summed E-state index contributed by atoms with van der Waals surface area (Å²) in [7, 11) is 0. The summed E-state index contributed by atoms with van der Waals surface area (Å²) in [5.74, 6) is -0.593. The molecule has 2 N–H and O–H groups in total. The van der Waals surface area contributed by atoms with E-state index in [0.717, 1.165) is 12.1 Å². The van der Waals surface area contributed by atoms with Crippen LogP contribution in [0.3, 0.4) is 0 Å². The lowest BCUT2D eigenvalue weighted by molar-refractivity contribution is -0.138. The summed E-state index contributed by atoms with van der Waals surface area (Å²) in [5.41, 5.74) is -1.34. The zero-order valence-corrected chi connectivity index (χ0v) is 9.08. The van der Waals surface area contributed by atoms with Crippen molar-refractivity contribution >= 4 is 5.90 Å². The molecule has 0 bridgehead atoms. The molecule has 3 nitrogen and oxygen atoms in total. The van der Waals surface area contributed by atoms with E-state index in [-0.39, 0.29) is 12.2 Å². The van der Waals surface area contributed by atoms with Crippen LogP contribution in [-0.2, 0) is 10.9 Å². The Bertz CT molecular complexity index is 404. The SMILES string of the molecule is CCOC(=N)C(O)c1ccccc1C(F)(F)F. The molecular formula is C11H12F3NO2. The van der Waals surface area contributed by atoms with E-state index in [0.29, 0.717) is 0 Å². The number of alkyl halides is 3. The number of benzene rings is 1. The predicted octanol–water partition coefficient (Wildman–Crippen LogP) is 2.75. The lowest BCUT2D eigenvalue weighted by atomic mass is 10.0. The van der Waals surface area contributed by atoms with Gasteiger partial charge in [-0.2, -0.15) is 13.2 Å². The molecule has 6 heteroatoms. The van der Waals surface area contributed by atoms with Crippen molar-refractivity contribution in [2.24, 2.45) is 0 Å². The lowest BCUT2D eigenvalue weighted by Crippen LogP contribution is -2.19. The molecule has 0 aliphatic carbocycles. The van der Waals surface area contributed by atoms with Crippen LogP contribution in [-0.4, -0.2) is 17.6 Å². The number of aliphatic hydroxyl groups excluding tert-OH is 1.